The van der Waals surface area contributed by atoms with Crippen LogP contribution in [0.4, 0.5) is 30.6 Å². The van der Waals surface area contributed by atoms with E-state index in [0.29, 0.717) is 25.5 Å². The van der Waals surface area contributed by atoms with Crippen LogP contribution in [0.25, 0.3) is 0 Å². The maximum absolute atomic E-state index is 13.8. The van der Waals surface area contributed by atoms with Gasteiger partial charge in [0.2, 0.25) is 14.8 Å². The molecule has 0 amide bonds. The van der Waals surface area contributed by atoms with Crippen molar-refractivity contribution in [2.45, 2.75) is 37.4 Å². The van der Waals surface area contributed by atoms with Crippen molar-refractivity contribution in [3.8, 4) is 0 Å². The van der Waals surface area contributed by atoms with E-state index in [0.717, 1.165) is 17.0 Å². The summed E-state index contributed by atoms with van der Waals surface area (Å²) in [6.45, 7) is 5.02. The second-order valence-corrected chi connectivity index (χ2v) is 16.9. The molecule has 7 nitrogen and oxygen atoms in total. The number of fused-ring (bicyclic) bond motifs is 2. The summed E-state index contributed by atoms with van der Waals surface area (Å²) in [6, 6.07) is 7.52. The monoisotopic (exact) mass is 543 g/mol. The lowest BCUT2D eigenvalue weighted by molar-refractivity contribution is -0.141. The van der Waals surface area contributed by atoms with E-state index in [1.165, 1.54) is 17.7 Å². The number of nitrogens with zero attached hydrogens (tertiary/aromatic N) is 5. The molecule has 1 saturated carbocycles. The molecule has 1 aliphatic carbocycles. The van der Waals surface area contributed by atoms with E-state index >= 15 is 0 Å². The van der Waals surface area contributed by atoms with Crippen LogP contribution in [0.15, 0.2) is 33.5 Å². The van der Waals surface area contributed by atoms with Gasteiger partial charge < -0.3 is 9.80 Å². The van der Waals surface area contributed by atoms with Crippen molar-refractivity contribution >= 4 is 45.9 Å². The smallest absolute Gasteiger partial charge is 0.356 e. The minimum Gasteiger partial charge on any atom is -0.356 e. The number of hydrogen-bond acceptors (Lipinski definition) is 8. The molecule has 5 atom stereocenters. The highest BCUT2D eigenvalue weighted by Crippen LogP contribution is 2.55. The molecule has 6 rings (SSSR count). The molecule has 13 heteroatoms. The van der Waals surface area contributed by atoms with Gasteiger partial charge in [0, 0.05) is 36.1 Å². The van der Waals surface area contributed by atoms with Crippen LogP contribution in [0.1, 0.15) is 24.6 Å². The first-order valence-electron chi connectivity index (χ1n) is 11.5. The molecule has 3 aliphatic heterocycles. The molecule has 0 bridgehead atoms. The molecule has 3 fully saturated rings. The van der Waals surface area contributed by atoms with Gasteiger partial charge in [0.05, 0.1) is 20.2 Å². The van der Waals surface area contributed by atoms with Gasteiger partial charge in [-0.2, -0.15) is 18.2 Å². The third kappa shape index (κ3) is 4.03. The van der Waals surface area contributed by atoms with Gasteiger partial charge in [0.25, 0.3) is 0 Å². The summed E-state index contributed by atoms with van der Waals surface area (Å²) in [4.78, 5) is 13.0. The predicted molar refractivity (Wildman–Crippen MR) is 131 cm³/mol. The van der Waals surface area contributed by atoms with E-state index in [2.05, 4.69) is 14.3 Å². The second kappa shape index (κ2) is 8.07. The Morgan fingerprint density at radius 2 is 1.89 bits per heavy atom. The van der Waals surface area contributed by atoms with E-state index in [1.807, 2.05) is 36.1 Å². The van der Waals surface area contributed by atoms with Crippen molar-refractivity contribution in [3.05, 3.63) is 35.5 Å². The molecule has 35 heavy (non-hydrogen) atoms. The number of rotatable bonds is 5. The number of aromatic nitrogens is 2. The average molecular weight is 544 g/mol. The quantitative estimate of drug-likeness (QED) is 0.512. The van der Waals surface area contributed by atoms with Crippen molar-refractivity contribution in [3.63, 3.8) is 0 Å². The van der Waals surface area contributed by atoms with Crippen LogP contribution in [-0.4, -0.2) is 49.8 Å². The maximum Gasteiger partial charge on any atom is 0.433 e. The number of hydrogen-bond donors (Lipinski definition) is 0. The van der Waals surface area contributed by atoms with Gasteiger partial charge >= 0.3 is 6.18 Å². The number of benzene rings is 1. The Bertz CT molecular complexity index is 1340. The minimum atomic E-state index is -4.56. The summed E-state index contributed by atoms with van der Waals surface area (Å²) < 4.78 is 71.8. The van der Waals surface area contributed by atoms with Crippen molar-refractivity contribution in [2.24, 2.45) is 22.1 Å². The lowest BCUT2D eigenvalue weighted by atomic mass is 10.1. The van der Waals surface area contributed by atoms with Gasteiger partial charge in [-0.1, -0.05) is 12.1 Å². The number of halogens is 3. The zero-order valence-electron chi connectivity index (χ0n) is 19.1. The first-order chi connectivity index (χ1) is 16.5. The summed E-state index contributed by atoms with van der Waals surface area (Å²) in [5, 5.41) is 0. The Hall–Kier alpha value is -1.86. The number of anilines is 2. The number of alkyl halides is 3. The number of piperidine rings is 1. The molecule has 0 N–H and O–H groups in total. The largest absolute Gasteiger partial charge is 0.433 e. The van der Waals surface area contributed by atoms with E-state index in [-0.39, 0.29) is 41.1 Å². The van der Waals surface area contributed by atoms with Gasteiger partial charge in [-0.15, -0.1) is 0 Å². The molecule has 2 saturated heterocycles. The summed E-state index contributed by atoms with van der Waals surface area (Å²) in [6.07, 6.45) is -3.67. The van der Waals surface area contributed by atoms with Crippen molar-refractivity contribution in [1.29, 1.82) is 0 Å². The second-order valence-electron chi connectivity index (χ2n) is 9.63. The van der Waals surface area contributed by atoms with Crippen LogP contribution < -0.4 is 9.80 Å². The molecule has 188 valence electrons. The molecular weight excluding hydrogens is 519 g/mol. The van der Waals surface area contributed by atoms with E-state index < -0.39 is 29.5 Å². The fourth-order valence-corrected chi connectivity index (χ4v) is 12.5. The van der Waals surface area contributed by atoms with Crippen LogP contribution in [0.2, 0.25) is 0 Å². The Morgan fingerprint density at radius 3 is 2.49 bits per heavy atom. The zero-order valence-corrected chi connectivity index (χ0v) is 21.5. The summed E-state index contributed by atoms with van der Waals surface area (Å²) in [5.74, 6) is 0.793. The molecule has 2 aromatic rings. The highest BCUT2D eigenvalue weighted by molar-refractivity contribution is 9.00. The first kappa shape index (κ1) is 23.5. The highest BCUT2D eigenvalue weighted by atomic mass is 33.5. The normalized spacial score (nSPS) is 29.5. The van der Waals surface area contributed by atoms with Gasteiger partial charge in [0.15, 0.2) is 5.69 Å². The topological polar surface area (TPSA) is 78.8 Å². The molecule has 1 aromatic heterocycles. The van der Waals surface area contributed by atoms with Crippen LogP contribution >= 0.6 is 10.8 Å². The Balaban J connectivity index is 1.18. The predicted octanol–water partition coefficient (Wildman–Crippen LogP) is 4.57. The first-order valence-corrected chi connectivity index (χ1v) is 16.2. The van der Waals surface area contributed by atoms with Crippen molar-refractivity contribution < 1.29 is 21.6 Å². The summed E-state index contributed by atoms with van der Waals surface area (Å²) >= 11 is 0. The lowest BCUT2D eigenvalue weighted by Crippen LogP contribution is -2.47. The van der Waals surface area contributed by atoms with Gasteiger partial charge in [-0.05, 0) is 60.9 Å². The van der Waals surface area contributed by atoms with E-state index in [1.54, 1.807) is 4.90 Å². The molecular formula is C22H24F3N5O2S3. The average Bonchev–Trinajstić information content (AvgIpc) is 3.15. The fourth-order valence-electron chi connectivity index (χ4n) is 5.27. The SMILES string of the molecule is Cc1c(N2C[C@@H]3C(CS(=O)(=O)S4=Nc5ccccc5S4)[C@@H]3C2)nc(N2CC[C@@H]2C)nc1C(F)(F)F. The van der Waals surface area contributed by atoms with Gasteiger partial charge in [-0.3, -0.25) is 0 Å². The van der Waals surface area contributed by atoms with Crippen LogP contribution in [0, 0.1) is 24.7 Å². The van der Waals surface area contributed by atoms with Crippen LogP contribution in [0.3, 0.4) is 0 Å². The fraction of sp³-hybridized carbons (Fsp3) is 0.545. The van der Waals surface area contributed by atoms with Crippen LogP contribution in [-0.2, 0) is 23.8 Å². The summed E-state index contributed by atoms with van der Waals surface area (Å²) in [5.41, 5.74) is -0.143. The molecule has 4 aliphatic rings. The van der Waals surface area contributed by atoms with Crippen molar-refractivity contribution in [2.75, 3.05) is 35.2 Å². The molecule has 1 aromatic carbocycles. The Morgan fingerprint density at radius 1 is 1.17 bits per heavy atom. The van der Waals surface area contributed by atoms with E-state index in [9.17, 15) is 21.6 Å². The highest BCUT2D eigenvalue weighted by Gasteiger charge is 2.58. The standard InChI is InChI=1S/C22H24F3N5O2S3/c1-12-7-8-30(12)21-26-19(22(23,24)25)13(2)20(27-21)29-9-14-15(10-29)16(14)11-35(31,32)34-28-17-5-3-4-6-18(17)33-34/h3-6,12,14-16H,7-11H2,1-2H3/t12-,14-,15+,16?,34?/m0/s1. The van der Waals surface area contributed by atoms with E-state index in [4.69, 9.17) is 0 Å². The summed E-state index contributed by atoms with van der Waals surface area (Å²) in [7, 11) is -3.27. The minimum absolute atomic E-state index is 0.0161. The van der Waals surface area contributed by atoms with Crippen molar-refractivity contribution in [1.82, 2.24) is 9.97 Å². The Labute approximate surface area is 207 Å². The third-order valence-electron chi connectivity index (χ3n) is 7.44. The Kier molecular flexibility index (Phi) is 5.43. The lowest BCUT2D eigenvalue weighted by Gasteiger charge is -2.39. The zero-order chi connectivity index (χ0) is 24.7. The third-order valence-corrected chi connectivity index (χ3v) is 15.3. The van der Waals surface area contributed by atoms with Gasteiger partial charge in [0.1, 0.15) is 5.82 Å². The van der Waals surface area contributed by atoms with Crippen LogP contribution in [0.5, 0.6) is 0 Å². The maximum atomic E-state index is 13.8. The molecule has 2 unspecified atom stereocenters. The molecule has 4 heterocycles. The molecule has 0 spiro atoms. The van der Waals surface area contributed by atoms with Gasteiger partial charge in [-0.25, -0.2) is 17.8 Å². The molecule has 0 radical (unpaired) electrons.